The number of halogens is 1. The van der Waals surface area contributed by atoms with Crippen LogP contribution >= 0.6 is 0 Å². The molecule has 1 heterocycles. The molecule has 1 unspecified atom stereocenters. The smallest absolute Gasteiger partial charge is 0.237 e. The number of amides is 1. The van der Waals surface area contributed by atoms with Crippen molar-refractivity contribution < 1.29 is 9.18 Å². The Morgan fingerprint density at radius 3 is 2.75 bits per heavy atom. The van der Waals surface area contributed by atoms with E-state index in [-0.39, 0.29) is 17.4 Å². The average molecular weight is 221 g/mol. The molecule has 3 rings (SSSR count). The molecule has 1 amide bonds. The molecule has 1 spiro atoms. The quantitative estimate of drug-likeness (QED) is 0.666. The number of rotatable bonds is 1. The van der Waals surface area contributed by atoms with Gasteiger partial charge in [-0.25, -0.2) is 4.39 Å². The third kappa shape index (κ3) is 1.09. The van der Waals surface area contributed by atoms with E-state index in [2.05, 4.69) is 0 Å². The highest BCUT2D eigenvalue weighted by molar-refractivity contribution is 5.96. The predicted octanol–water partition coefficient (Wildman–Crippen LogP) is 2.57. The van der Waals surface area contributed by atoms with Crippen LogP contribution in [0.2, 0.25) is 0 Å². The largest absolute Gasteiger partial charge is 0.309 e. The molecular weight excluding hydrogens is 205 g/mol. The molecule has 0 bridgehead atoms. The third-order valence-electron chi connectivity index (χ3n) is 3.83. The van der Waals surface area contributed by atoms with Crippen molar-refractivity contribution in [1.82, 2.24) is 4.90 Å². The van der Waals surface area contributed by atoms with Crippen LogP contribution in [-0.2, 0) is 4.79 Å². The Labute approximate surface area is 94.8 Å². The Hall–Kier alpha value is -1.12. The molecule has 2 nitrogen and oxygen atoms in total. The Morgan fingerprint density at radius 1 is 1.50 bits per heavy atom. The maximum absolute atomic E-state index is 13.4. The zero-order chi connectivity index (χ0) is 11.5. The summed E-state index contributed by atoms with van der Waals surface area (Å²) in [5, 5.41) is 0. The van der Waals surface area contributed by atoms with Gasteiger partial charge in [-0.2, -0.15) is 0 Å². The minimum atomic E-state index is -0.929. The van der Waals surface area contributed by atoms with Crippen molar-refractivity contribution in [3.05, 3.63) is 23.4 Å². The maximum Gasteiger partial charge on any atom is 0.237 e. The van der Waals surface area contributed by atoms with Gasteiger partial charge in [0.15, 0.2) is 0 Å². The van der Waals surface area contributed by atoms with Gasteiger partial charge in [0.1, 0.15) is 6.17 Å². The van der Waals surface area contributed by atoms with E-state index in [1.807, 2.05) is 19.9 Å². The first kappa shape index (κ1) is 10.1. The van der Waals surface area contributed by atoms with Crippen molar-refractivity contribution in [3.8, 4) is 0 Å². The molecule has 3 heteroatoms. The highest BCUT2D eigenvalue weighted by atomic mass is 19.1. The molecule has 2 aliphatic carbocycles. The monoisotopic (exact) mass is 221 g/mol. The second kappa shape index (κ2) is 2.96. The standard InChI is InChI=1S/C13H16FNO/c1-8(2)15-11-7-9(14)3-4-10(11)13(5-6-13)12(15)16/h4,7-9H,3,5-6H2,1-2H3. The Kier molecular flexibility index (Phi) is 1.86. The number of carbonyl (C=O) groups excluding carboxylic acids is 1. The number of alkyl halides is 1. The molecule has 1 atom stereocenters. The van der Waals surface area contributed by atoms with Crippen LogP contribution in [0.3, 0.4) is 0 Å². The van der Waals surface area contributed by atoms with Crippen molar-refractivity contribution in [1.29, 1.82) is 0 Å². The summed E-state index contributed by atoms with van der Waals surface area (Å²) in [6, 6.07) is 0.118. The van der Waals surface area contributed by atoms with E-state index < -0.39 is 6.17 Å². The van der Waals surface area contributed by atoms with Crippen molar-refractivity contribution in [2.45, 2.75) is 45.3 Å². The fraction of sp³-hybridized carbons (Fsp3) is 0.615. The zero-order valence-corrected chi connectivity index (χ0v) is 9.66. The van der Waals surface area contributed by atoms with Crippen LogP contribution in [0.4, 0.5) is 4.39 Å². The predicted molar refractivity (Wildman–Crippen MR) is 59.3 cm³/mol. The lowest BCUT2D eigenvalue weighted by molar-refractivity contribution is -0.132. The van der Waals surface area contributed by atoms with Gasteiger partial charge >= 0.3 is 0 Å². The SMILES string of the molecule is CC(C)N1C(=O)C2(CC2)C2=CCC(F)C=C21. The van der Waals surface area contributed by atoms with Crippen molar-refractivity contribution in [3.63, 3.8) is 0 Å². The maximum atomic E-state index is 13.4. The topological polar surface area (TPSA) is 20.3 Å². The van der Waals surface area contributed by atoms with Crippen molar-refractivity contribution >= 4 is 5.91 Å². The van der Waals surface area contributed by atoms with Gasteiger partial charge < -0.3 is 4.90 Å². The van der Waals surface area contributed by atoms with Crippen LogP contribution in [0.5, 0.6) is 0 Å². The van der Waals surface area contributed by atoms with Crippen LogP contribution in [0.15, 0.2) is 23.4 Å². The normalized spacial score (nSPS) is 30.6. The summed E-state index contributed by atoms with van der Waals surface area (Å²) in [5.74, 6) is 0.189. The van der Waals surface area contributed by atoms with Crippen LogP contribution < -0.4 is 0 Å². The molecule has 1 aliphatic heterocycles. The average Bonchev–Trinajstić information content (AvgIpc) is 2.94. The van der Waals surface area contributed by atoms with Gasteiger partial charge in [-0.1, -0.05) is 6.08 Å². The summed E-state index contributed by atoms with van der Waals surface area (Å²) < 4.78 is 13.4. The fourth-order valence-electron chi connectivity index (χ4n) is 2.89. The van der Waals surface area contributed by atoms with Gasteiger partial charge in [-0.15, -0.1) is 0 Å². The van der Waals surface area contributed by atoms with Crippen LogP contribution in [0.1, 0.15) is 33.1 Å². The number of nitrogens with zero attached hydrogens (tertiary/aromatic N) is 1. The minimum absolute atomic E-state index is 0.118. The molecule has 3 aliphatic rings. The molecule has 1 saturated heterocycles. The van der Waals surface area contributed by atoms with E-state index >= 15 is 0 Å². The van der Waals surface area contributed by atoms with E-state index in [0.29, 0.717) is 6.42 Å². The van der Waals surface area contributed by atoms with E-state index in [9.17, 15) is 9.18 Å². The van der Waals surface area contributed by atoms with E-state index in [4.69, 9.17) is 0 Å². The second-order valence-electron chi connectivity index (χ2n) is 5.27. The Balaban J connectivity index is 2.10. The van der Waals surface area contributed by atoms with E-state index in [0.717, 1.165) is 24.1 Å². The summed E-state index contributed by atoms with van der Waals surface area (Å²) in [4.78, 5) is 14.1. The molecule has 1 saturated carbocycles. The lowest BCUT2D eigenvalue weighted by atomic mass is 9.92. The van der Waals surface area contributed by atoms with Crippen LogP contribution in [0.25, 0.3) is 0 Å². The van der Waals surface area contributed by atoms with Gasteiger partial charge in [-0.05, 0) is 38.3 Å². The molecular formula is C13H16FNO. The number of carbonyl (C=O) groups is 1. The van der Waals surface area contributed by atoms with Gasteiger partial charge in [0.2, 0.25) is 5.91 Å². The molecule has 2 fully saturated rings. The van der Waals surface area contributed by atoms with Gasteiger partial charge in [0.05, 0.1) is 5.41 Å². The first-order chi connectivity index (χ1) is 7.56. The summed E-state index contributed by atoms with van der Waals surface area (Å²) >= 11 is 0. The van der Waals surface area contributed by atoms with Crippen molar-refractivity contribution in [2.75, 3.05) is 0 Å². The number of hydrogen-bond acceptors (Lipinski definition) is 1. The zero-order valence-electron chi connectivity index (χ0n) is 9.66. The first-order valence-electron chi connectivity index (χ1n) is 5.97. The molecule has 0 N–H and O–H groups in total. The number of hydrogen-bond donors (Lipinski definition) is 0. The Bertz CT molecular complexity index is 418. The first-order valence-corrected chi connectivity index (χ1v) is 5.97. The summed E-state index contributed by atoms with van der Waals surface area (Å²) in [6.45, 7) is 3.97. The van der Waals surface area contributed by atoms with Gasteiger partial charge in [-0.3, -0.25) is 4.79 Å². The second-order valence-corrected chi connectivity index (χ2v) is 5.27. The molecule has 0 aromatic heterocycles. The lowest BCUT2D eigenvalue weighted by Crippen LogP contribution is -2.33. The van der Waals surface area contributed by atoms with E-state index in [1.54, 1.807) is 11.0 Å². The van der Waals surface area contributed by atoms with Gasteiger partial charge in [0.25, 0.3) is 0 Å². The summed E-state index contributed by atoms with van der Waals surface area (Å²) in [5.41, 5.74) is 1.69. The van der Waals surface area contributed by atoms with Crippen LogP contribution in [0, 0.1) is 5.41 Å². The molecule has 0 radical (unpaired) electrons. The number of likely N-dealkylation sites (tertiary alicyclic amines) is 1. The highest BCUT2D eigenvalue weighted by Gasteiger charge is 2.61. The molecule has 0 aromatic carbocycles. The lowest BCUT2D eigenvalue weighted by Gasteiger charge is -2.24. The van der Waals surface area contributed by atoms with Crippen LogP contribution in [-0.4, -0.2) is 23.0 Å². The Morgan fingerprint density at radius 2 is 2.19 bits per heavy atom. The van der Waals surface area contributed by atoms with E-state index in [1.165, 1.54) is 0 Å². The molecule has 16 heavy (non-hydrogen) atoms. The van der Waals surface area contributed by atoms with Gasteiger partial charge in [0, 0.05) is 18.2 Å². The number of allylic oxidation sites excluding steroid dienone is 3. The summed E-state index contributed by atoms with van der Waals surface area (Å²) in [6.07, 6.45) is 4.94. The molecule has 0 aromatic rings. The minimum Gasteiger partial charge on any atom is -0.309 e. The number of fused-ring (bicyclic) bond motifs is 2. The van der Waals surface area contributed by atoms with Crippen molar-refractivity contribution in [2.24, 2.45) is 5.41 Å². The highest BCUT2D eigenvalue weighted by Crippen LogP contribution is 2.61. The fourth-order valence-corrected chi connectivity index (χ4v) is 2.89. The third-order valence-corrected chi connectivity index (χ3v) is 3.83. The summed E-state index contributed by atoms with van der Waals surface area (Å²) in [7, 11) is 0. The molecule has 86 valence electrons.